The number of unbranched alkanes of at least 4 members (excludes halogenated alkanes) is 2. The van der Waals surface area contributed by atoms with Crippen LogP contribution in [-0.4, -0.2) is 26.2 Å². The van der Waals surface area contributed by atoms with Crippen molar-refractivity contribution >= 4 is 5.69 Å². The number of hydrogen-bond donors (Lipinski definition) is 1. The van der Waals surface area contributed by atoms with Crippen LogP contribution in [0.15, 0.2) is 24.3 Å². The highest BCUT2D eigenvalue weighted by molar-refractivity contribution is 5.49. The van der Waals surface area contributed by atoms with Crippen LogP contribution < -0.4 is 10.2 Å². The van der Waals surface area contributed by atoms with Gasteiger partial charge in [-0.1, -0.05) is 31.9 Å². The lowest BCUT2D eigenvalue weighted by Crippen LogP contribution is -2.43. The van der Waals surface area contributed by atoms with Gasteiger partial charge in [0.2, 0.25) is 0 Å². The quantitative estimate of drug-likeness (QED) is 0.785. The fraction of sp³-hybridized carbons (Fsp3) is 0.600. The number of hydrogen-bond acceptors (Lipinski definition) is 2. The highest BCUT2D eigenvalue weighted by Crippen LogP contribution is 2.18. The molecule has 0 atom stereocenters. The van der Waals surface area contributed by atoms with Crippen molar-refractivity contribution in [2.45, 2.75) is 32.6 Å². The van der Waals surface area contributed by atoms with Crippen molar-refractivity contribution in [3.63, 3.8) is 0 Å². The van der Waals surface area contributed by atoms with Crippen molar-refractivity contribution in [2.75, 3.05) is 31.1 Å². The molecule has 0 saturated carbocycles. The van der Waals surface area contributed by atoms with E-state index < -0.39 is 0 Å². The number of anilines is 1. The van der Waals surface area contributed by atoms with E-state index in [0.29, 0.717) is 0 Å². The summed E-state index contributed by atoms with van der Waals surface area (Å²) in [5.74, 6) is 0. The summed E-state index contributed by atoms with van der Waals surface area (Å²) in [5, 5.41) is 3.40. The summed E-state index contributed by atoms with van der Waals surface area (Å²) in [6.45, 7) is 6.76. The van der Waals surface area contributed by atoms with Gasteiger partial charge in [-0.25, -0.2) is 0 Å². The van der Waals surface area contributed by atoms with E-state index in [1.807, 2.05) is 0 Å². The Kier molecular flexibility index (Phi) is 4.87. The summed E-state index contributed by atoms with van der Waals surface area (Å²) in [7, 11) is 0. The minimum atomic E-state index is 1.11. The Morgan fingerprint density at radius 1 is 1.18 bits per heavy atom. The number of rotatable bonds is 5. The van der Waals surface area contributed by atoms with Gasteiger partial charge in [0.05, 0.1) is 0 Å². The van der Waals surface area contributed by atoms with E-state index in [4.69, 9.17) is 0 Å². The first kappa shape index (κ1) is 12.4. The lowest BCUT2D eigenvalue weighted by Gasteiger charge is -2.29. The van der Waals surface area contributed by atoms with E-state index in [9.17, 15) is 0 Å². The van der Waals surface area contributed by atoms with Gasteiger partial charge in [0, 0.05) is 31.9 Å². The third-order valence-corrected chi connectivity index (χ3v) is 3.46. The Labute approximate surface area is 105 Å². The Morgan fingerprint density at radius 2 is 2.00 bits per heavy atom. The molecule has 1 aliphatic heterocycles. The van der Waals surface area contributed by atoms with Crippen LogP contribution in [0.3, 0.4) is 0 Å². The third-order valence-electron chi connectivity index (χ3n) is 3.46. The van der Waals surface area contributed by atoms with E-state index >= 15 is 0 Å². The van der Waals surface area contributed by atoms with Crippen LogP contribution in [-0.2, 0) is 6.42 Å². The van der Waals surface area contributed by atoms with Gasteiger partial charge >= 0.3 is 0 Å². The molecule has 17 heavy (non-hydrogen) atoms. The molecule has 0 aromatic heterocycles. The Morgan fingerprint density at radius 3 is 2.76 bits per heavy atom. The zero-order valence-corrected chi connectivity index (χ0v) is 10.9. The standard InChI is InChI=1S/C15H24N2/c1-2-3-4-6-14-7-5-8-15(13-14)17-11-9-16-10-12-17/h5,7-8,13,16H,2-4,6,9-12H2,1H3. The summed E-state index contributed by atoms with van der Waals surface area (Å²) in [6.07, 6.45) is 5.20. The van der Waals surface area contributed by atoms with Crippen LogP contribution in [0.1, 0.15) is 31.7 Å². The summed E-state index contributed by atoms with van der Waals surface area (Å²) >= 11 is 0. The highest BCUT2D eigenvalue weighted by atomic mass is 15.2. The fourth-order valence-electron chi connectivity index (χ4n) is 2.41. The van der Waals surface area contributed by atoms with E-state index in [0.717, 1.165) is 26.2 Å². The van der Waals surface area contributed by atoms with Crippen molar-refractivity contribution < 1.29 is 0 Å². The fourth-order valence-corrected chi connectivity index (χ4v) is 2.41. The zero-order valence-electron chi connectivity index (χ0n) is 10.9. The lowest BCUT2D eigenvalue weighted by molar-refractivity contribution is 0.589. The van der Waals surface area contributed by atoms with E-state index in [2.05, 4.69) is 41.4 Å². The van der Waals surface area contributed by atoms with Crippen LogP contribution in [0.5, 0.6) is 0 Å². The molecule has 2 nitrogen and oxygen atoms in total. The minimum Gasteiger partial charge on any atom is -0.369 e. The summed E-state index contributed by atoms with van der Waals surface area (Å²) in [6, 6.07) is 9.09. The van der Waals surface area contributed by atoms with Gasteiger partial charge < -0.3 is 10.2 Å². The number of aryl methyl sites for hydroxylation is 1. The van der Waals surface area contributed by atoms with Crippen molar-refractivity contribution in [3.05, 3.63) is 29.8 Å². The molecule has 2 heteroatoms. The molecule has 0 unspecified atom stereocenters. The first-order valence-corrected chi connectivity index (χ1v) is 6.95. The van der Waals surface area contributed by atoms with Crippen LogP contribution in [0.2, 0.25) is 0 Å². The third kappa shape index (κ3) is 3.74. The van der Waals surface area contributed by atoms with E-state index in [-0.39, 0.29) is 0 Å². The van der Waals surface area contributed by atoms with Gasteiger partial charge in [-0.05, 0) is 30.5 Å². The molecule has 2 rings (SSSR count). The van der Waals surface area contributed by atoms with Crippen molar-refractivity contribution in [3.8, 4) is 0 Å². The van der Waals surface area contributed by atoms with E-state index in [1.165, 1.54) is 36.9 Å². The second kappa shape index (κ2) is 6.65. The molecular formula is C15H24N2. The lowest BCUT2D eigenvalue weighted by atomic mass is 10.1. The number of benzene rings is 1. The summed E-state index contributed by atoms with van der Waals surface area (Å²) < 4.78 is 0. The van der Waals surface area contributed by atoms with Gasteiger partial charge in [-0.15, -0.1) is 0 Å². The summed E-state index contributed by atoms with van der Waals surface area (Å²) in [5.41, 5.74) is 2.90. The smallest absolute Gasteiger partial charge is 0.0369 e. The average Bonchev–Trinajstić information content (AvgIpc) is 2.41. The Bertz CT molecular complexity index is 329. The molecule has 1 N–H and O–H groups in total. The molecule has 0 aliphatic carbocycles. The molecular weight excluding hydrogens is 208 g/mol. The molecule has 1 aromatic rings. The molecule has 1 saturated heterocycles. The minimum absolute atomic E-state index is 1.11. The average molecular weight is 232 g/mol. The predicted molar refractivity (Wildman–Crippen MR) is 74.8 cm³/mol. The first-order valence-electron chi connectivity index (χ1n) is 6.95. The molecule has 1 fully saturated rings. The number of nitrogens with one attached hydrogen (secondary N) is 1. The van der Waals surface area contributed by atoms with Crippen molar-refractivity contribution in [1.82, 2.24) is 5.32 Å². The van der Waals surface area contributed by atoms with Gasteiger partial charge in [-0.3, -0.25) is 0 Å². The largest absolute Gasteiger partial charge is 0.369 e. The number of piperazine rings is 1. The topological polar surface area (TPSA) is 15.3 Å². The second-order valence-electron chi connectivity index (χ2n) is 4.86. The molecule has 94 valence electrons. The number of nitrogens with zero attached hydrogens (tertiary/aromatic N) is 1. The molecule has 0 amide bonds. The van der Waals surface area contributed by atoms with E-state index in [1.54, 1.807) is 0 Å². The normalized spacial score (nSPS) is 16.2. The van der Waals surface area contributed by atoms with Gasteiger partial charge in [0.1, 0.15) is 0 Å². The second-order valence-corrected chi connectivity index (χ2v) is 4.86. The predicted octanol–water partition coefficient (Wildman–Crippen LogP) is 2.83. The maximum atomic E-state index is 3.40. The first-order chi connectivity index (χ1) is 8.40. The Hall–Kier alpha value is -1.02. The Balaban J connectivity index is 1.95. The van der Waals surface area contributed by atoms with Gasteiger partial charge in [0.25, 0.3) is 0 Å². The van der Waals surface area contributed by atoms with Gasteiger partial charge in [-0.2, -0.15) is 0 Å². The molecule has 0 bridgehead atoms. The maximum absolute atomic E-state index is 3.40. The maximum Gasteiger partial charge on any atom is 0.0369 e. The molecule has 1 aromatic carbocycles. The van der Waals surface area contributed by atoms with Crippen LogP contribution in [0.25, 0.3) is 0 Å². The summed E-state index contributed by atoms with van der Waals surface area (Å²) in [4.78, 5) is 2.49. The highest BCUT2D eigenvalue weighted by Gasteiger charge is 2.10. The monoisotopic (exact) mass is 232 g/mol. The SMILES string of the molecule is CCCCCc1cccc(N2CCNCC2)c1. The molecule has 1 aliphatic rings. The zero-order chi connectivity index (χ0) is 11.9. The van der Waals surface area contributed by atoms with Crippen molar-refractivity contribution in [2.24, 2.45) is 0 Å². The van der Waals surface area contributed by atoms with Gasteiger partial charge in [0.15, 0.2) is 0 Å². The van der Waals surface area contributed by atoms with Crippen LogP contribution in [0.4, 0.5) is 5.69 Å². The van der Waals surface area contributed by atoms with Crippen LogP contribution >= 0.6 is 0 Å². The molecule has 0 spiro atoms. The van der Waals surface area contributed by atoms with Crippen molar-refractivity contribution in [1.29, 1.82) is 0 Å². The molecule has 1 heterocycles. The van der Waals surface area contributed by atoms with Crippen LogP contribution in [0, 0.1) is 0 Å². The molecule has 0 radical (unpaired) electrons.